The molecular weight excluding hydrogens is 374 g/mol. The molecule has 0 fully saturated rings. The molecule has 0 saturated heterocycles. The van der Waals surface area contributed by atoms with E-state index in [0.29, 0.717) is 0 Å². The Morgan fingerprint density at radius 1 is 0.581 bits per heavy atom. The highest BCUT2D eigenvalue weighted by atomic mass is 14.7. The summed E-state index contributed by atoms with van der Waals surface area (Å²) in [5, 5.41) is 2.52. The first kappa shape index (κ1) is 18.1. The second-order valence-corrected chi connectivity index (χ2v) is 8.89. The van der Waals surface area contributed by atoms with Crippen molar-refractivity contribution in [2.75, 3.05) is 0 Å². The van der Waals surface area contributed by atoms with Crippen molar-refractivity contribution in [3.05, 3.63) is 114 Å². The van der Waals surface area contributed by atoms with Gasteiger partial charge in [-0.3, -0.25) is 4.98 Å². The predicted molar refractivity (Wildman–Crippen MR) is 130 cm³/mol. The van der Waals surface area contributed by atoms with Gasteiger partial charge in [-0.2, -0.15) is 0 Å². The lowest BCUT2D eigenvalue weighted by Gasteiger charge is -2.24. The Hall–Kier alpha value is -3.71. The molecule has 1 heterocycles. The van der Waals surface area contributed by atoms with Gasteiger partial charge in [-0.1, -0.05) is 92.7 Å². The van der Waals surface area contributed by atoms with E-state index in [-0.39, 0.29) is 5.41 Å². The van der Waals surface area contributed by atoms with Gasteiger partial charge in [0.2, 0.25) is 0 Å². The van der Waals surface area contributed by atoms with Gasteiger partial charge >= 0.3 is 0 Å². The average molecular weight is 398 g/mol. The lowest BCUT2D eigenvalue weighted by Crippen LogP contribution is -2.16. The highest BCUT2D eigenvalue weighted by molar-refractivity contribution is 5.90. The van der Waals surface area contributed by atoms with E-state index >= 15 is 0 Å². The molecule has 0 aliphatic heterocycles. The molecule has 1 aliphatic carbocycles. The molecule has 4 aromatic carbocycles. The summed E-state index contributed by atoms with van der Waals surface area (Å²) in [6.07, 6.45) is 1.94. The molecule has 0 saturated carbocycles. The standard InChI is InChI=1S/C30H23N/c1-30(2)27-13-6-5-10-24(27)25-11-7-12-26(29(25)30)28-19-23(16-17-31-28)22-15-14-20-8-3-4-9-21(20)18-22/h3-19H,1-2H3. The molecule has 1 nitrogen and oxygen atoms in total. The fraction of sp³-hybridized carbons (Fsp3) is 0.100. The van der Waals surface area contributed by atoms with E-state index in [9.17, 15) is 0 Å². The van der Waals surface area contributed by atoms with Crippen molar-refractivity contribution in [1.82, 2.24) is 4.98 Å². The summed E-state index contributed by atoms with van der Waals surface area (Å²) >= 11 is 0. The molecule has 0 amide bonds. The number of rotatable bonds is 2. The fourth-order valence-electron chi connectivity index (χ4n) is 5.19. The Labute approximate surface area is 183 Å². The Bertz CT molecular complexity index is 1460. The maximum atomic E-state index is 4.80. The summed E-state index contributed by atoms with van der Waals surface area (Å²) in [7, 11) is 0. The summed E-state index contributed by atoms with van der Waals surface area (Å²) in [4.78, 5) is 4.80. The molecule has 0 radical (unpaired) electrons. The van der Waals surface area contributed by atoms with Crippen molar-refractivity contribution in [2.24, 2.45) is 0 Å². The molecule has 148 valence electrons. The Balaban J connectivity index is 1.52. The monoisotopic (exact) mass is 397 g/mol. The molecule has 1 aliphatic rings. The third-order valence-electron chi connectivity index (χ3n) is 6.70. The van der Waals surface area contributed by atoms with Gasteiger partial charge < -0.3 is 0 Å². The lowest BCUT2D eigenvalue weighted by molar-refractivity contribution is 0.662. The molecule has 0 N–H and O–H groups in total. The summed E-state index contributed by atoms with van der Waals surface area (Å²) in [6, 6.07) is 34.9. The zero-order valence-corrected chi connectivity index (χ0v) is 17.8. The van der Waals surface area contributed by atoms with Gasteiger partial charge in [0.05, 0.1) is 5.69 Å². The van der Waals surface area contributed by atoms with Crippen LogP contribution in [-0.2, 0) is 5.41 Å². The van der Waals surface area contributed by atoms with E-state index in [2.05, 4.69) is 111 Å². The van der Waals surface area contributed by atoms with Crippen LogP contribution >= 0.6 is 0 Å². The van der Waals surface area contributed by atoms with Crippen LogP contribution in [0.15, 0.2) is 103 Å². The van der Waals surface area contributed by atoms with Crippen LogP contribution < -0.4 is 0 Å². The van der Waals surface area contributed by atoms with E-state index in [1.54, 1.807) is 0 Å². The van der Waals surface area contributed by atoms with Crippen LogP contribution in [0, 0.1) is 0 Å². The van der Waals surface area contributed by atoms with Crippen molar-refractivity contribution in [2.45, 2.75) is 19.3 Å². The van der Waals surface area contributed by atoms with Crippen molar-refractivity contribution < 1.29 is 0 Å². The zero-order chi connectivity index (χ0) is 21.0. The first-order valence-electron chi connectivity index (χ1n) is 10.8. The van der Waals surface area contributed by atoms with E-state index in [0.717, 1.165) is 5.69 Å². The molecule has 1 heteroatoms. The molecule has 6 rings (SSSR count). The number of aromatic nitrogens is 1. The summed E-state index contributed by atoms with van der Waals surface area (Å²) < 4.78 is 0. The van der Waals surface area contributed by atoms with E-state index < -0.39 is 0 Å². The van der Waals surface area contributed by atoms with Crippen LogP contribution in [0.2, 0.25) is 0 Å². The number of nitrogens with zero attached hydrogens (tertiary/aromatic N) is 1. The number of hydrogen-bond acceptors (Lipinski definition) is 1. The maximum Gasteiger partial charge on any atom is 0.0711 e. The van der Waals surface area contributed by atoms with Gasteiger partial charge in [-0.25, -0.2) is 0 Å². The Morgan fingerprint density at radius 2 is 1.29 bits per heavy atom. The van der Waals surface area contributed by atoms with Crippen molar-refractivity contribution in [1.29, 1.82) is 0 Å². The van der Waals surface area contributed by atoms with Crippen LogP contribution in [0.4, 0.5) is 0 Å². The molecule has 0 bridgehead atoms. The molecule has 0 atom stereocenters. The number of pyridine rings is 1. The first-order valence-corrected chi connectivity index (χ1v) is 10.8. The van der Waals surface area contributed by atoms with E-state index in [1.807, 2.05) is 6.20 Å². The van der Waals surface area contributed by atoms with Gasteiger partial charge in [-0.15, -0.1) is 0 Å². The van der Waals surface area contributed by atoms with Crippen LogP contribution in [-0.4, -0.2) is 4.98 Å². The minimum Gasteiger partial charge on any atom is -0.256 e. The highest BCUT2D eigenvalue weighted by Gasteiger charge is 2.37. The number of hydrogen-bond donors (Lipinski definition) is 0. The zero-order valence-electron chi connectivity index (χ0n) is 17.8. The van der Waals surface area contributed by atoms with E-state index in [4.69, 9.17) is 4.98 Å². The molecule has 5 aromatic rings. The second-order valence-electron chi connectivity index (χ2n) is 8.89. The second kappa shape index (κ2) is 6.65. The topological polar surface area (TPSA) is 12.9 Å². The predicted octanol–water partition coefficient (Wildman–Crippen LogP) is 7.88. The maximum absolute atomic E-state index is 4.80. The van der Waals surface area contributed by atoms with Gasteiger partial charge in [-0.05, 0) is 62.4 Å². The largest absolute Gasteiger partial charge is 0.256 e. The minimum absolute atomic E-state index is 0.0524. The molecule has 0 spiro atoms. The third kappa shape index (κ3) is 2.74. The molecule has 0 unspecified atom stereocenters. The number of fused-ring (bicyclic) bond motifs is 4. The van der Waals surface area contributed by atoms with Gasteiger partial charge in [0.1, 0.15) is 0 Å². The lowest BCUT2D eigenvalue weighted by atomic mass is 9.79. The fourth-order valence-corrected chi connectivity index (χ4v) is 5.19. The smallest absolute Gasteiger partial charge is 0.0711 e. The van der Waals surface area contributed by atoms with Gasteiger partial charge in [0, 0.05) is 17.2 Å². The highest BCUT2D eigenvalue weighted by Crippen LogP contribution is 2.51. The number of benzene rings is 4. The SMILES string of the molecule is CC1(C)c2ccccc2-c2cccc(-c3cc(-c4ccc5ccccc5c4)ccn3)c21. The molecule has 31 heavy (non-hydrogen) atoms. The third-order valence-corrected chi connectivity index (χ3v) is 6.70. The van der Waals surface area contributed by atoms with Crippen molar-refractivity contribution in [3.8, 4) is 33.5 Å². The Morgan fingerprint density at radius 3 is 2.19 bits per heavy atom. The normalized spacial score (nSPS) is 13.7. The van der Waals surface area contributed by atoms with Crippen LogP contribution in [0.5, 0.6) is 0 Å². The van der Waals surface area contributed by atoms with Crippen LogP contribution in [0.1, 0.15) is 25.0 Å². The summed E-state index contributed by atoms with van der Waals surface area (Å²) in [6.45, 7) is 4.66. The van der Waals surface area contributed by atoms with E-state index in [1.165, 1.54) is 49.7 Å². The van der Waals surface area contributed by atoms with Crippen LogP contribution in [0.3, 0.4) is 0 Å². The van der Waals surface area contributed by atoms with Gasteiger partial charge in [0.15, 0.2) is 0 Å². The van der Waals surface area contributed by atoms with Crippen LogP contribution in [0.25, 0.3) is 44.3 Å². The van der Waals surface area contributed by atoms with Crippen molar-refractivity contribution >= 4 is 10.8 Å². The molecular formula is C30H23N. The average Bonchev–Trinajstić information content (AvgIpc) is 3.06. The summed E-state index contributed by atoms with van der Waals surface area (Å²) in [5.41, 5.74) is 10.1. The van der Waals surface area contributed by atoms with Gasteiger partial charge in [0.25, 0.3) is 0 Å². The quantitative estimate of drug-likeness (QED) is 0.295. The minimum atomic E-state index is -0.0524. The molecule has 1 aromatic heterocycles. The summed E-state index contributed by atoms with van der Waals surface area (Å²) in [5.74, 6) is 0. The Kier molecular flexibility index (Phi) is 3.88. The van der Waals surface area contributed by atoms with Crippen molar-refractivity contribution in [3.63, 3.8) is 0 Å². The first-order chi connectivity index (χ1) is 15.1.